The van der Waals surface area contributed by atoms with Gasteiger partial charge in [-0.15, -0.1) is 0 Å². The standard InChI is InChI=1S/C26H21N3O4S/c1-32-19-10-8-18(9-11-19)29-24(23(28-26(29)34)20-7-2-3-14-27-20)22-13-12-21(33-22)16-5-4-6-17(15-16)25(30)31/h2-15,23-24H,1H3,(H,28,34)(H,30,31)/t23-,24+/m0/s1. The quantitative estimate of drug-likeness (QED) is 0.370. The van der Waals surface area contributed by atoms with Crippen molar-refractivity contribution in [2.45, 2.75) is 12.1 Å². The lowest BCUT2D eigenvalue weighted by Gasteiger charge is -2.26. The largest absolute Gasteiger partial charge is 0.497 e. The van der Waals surface area contributed by atoms with Gasteiger partial charge in [0.15, 0.2) is 5.11 Å². The summed E-state index contributed by atoms with van der Waals surface area (Å²) in [5, 5.41) is 13.3. The molecule has 8 heteroatoms. The summed E-state index contributed by atoms with van der Waals surface area (Å²) < 4.78 is 11.6. The summed E-state index contributed by atoms with van der Waals surface area (Å²) in [7, 11) is 1.63. The number of aromatic nitrogens is 1. The molecule has 2 aromatic heterocycles. The molecule has 1 saturated heterocycles. The number of aromatic carboxylic acids is 1. The molecule has 170 valence electrons. The van der Waals surface area contributed by atoms with E-state index in [1.165, 1.54) is 0 Å². The van der Waals surface area contributed by atoms with Gasteiger partial charge in [-0.25, -0.2) is 4.79 Å². The van der Waals surface area contributed by atoms with Gasteiger partial charge >= 0.3 is 5.97 Å². The van der Waals surface area contributed by atoms with Crippen molar-refractivity contribution in [2.24, 2.45) is 0 Å². The summed E-state index contributed by atoms with van der Waals surface area (Å²) in [5.74, 6) is 1.01. The summed E-state index contributed by atoms with van der Waals surface area (Å²) in [5.41, 5.74) is 2.60. The van der Waals surface area contributed by atoms with Gasteiger partial charge in [-0.3, -0.25) is 4.98 Å². The van der Waals surface area contributed by atoms with Crippen LogP contribution >= 0.6 is 12.2 Å². The number of thiocarbonyl (C=S) groups is 1. The van der Waals surface area contributed by atoms with E-state index in [0.717, 1.165) is 17.1 Å². The topological polar surface area (TPSA) is 87.8 Å². The number of pyridine rings is 1. The number of carboxylic acid groups (broad SMARTS) is 1. The average Bonchev–Trinajstić information content (AvgIpc) is 3.49. The van der Waals surface area contributed by atoms with Crippen LogP contribution in [0.2, 0.25) is 0 Å². The van der Waals surface area contributed by atoms with Crippen molar-refractivity contribution in [3.05, 3.63) is 102 Å². The molecule has 0 bridgehead atoms. The molecule has 2 atom stereocenters. The smallest absolute Gasteiger partial charge is 0.335 e. The molecule has 0 aliphatic carbocycles. The average molecular weight is 472 g/mol. The molecule has 3 heterocycles. The molecular formula is C26H21N3O4S. The van der Waals surface area contributed by atoms with Crippen LogP contribution in [-0.4, -0.2) is 28.3 Å². The lowest BCUT2D eigenvalue weighted by Crippen LogP contribution is -2.29. The van der Waals surface area contributed by atoms with E-state index >= 15 is 0 Å². The van der Waals surface area contributed by atoms with E-state index in [1.807, 2.05) is 65.6 Å². The summed E-state index contributed by atoms with van der Waals surface area (Å²) in [6.07, 6.45) is 1.75. The molecule has 4 aromatic rings. The van der Waals surface area contributed by atoms with E-state index in [0.29, 0.717) is 22.2 Å². The number of ether oxygens (including phenoxy) is 1. The molecule has 0 unspecified atom stereocenters. The molecule has 1 aliphatic heterocycles. The summed E-state index contributed by atoms with van der Waals surface area (Å²) in [4.78, 5) is 18.0. The maximum Gasteiger partial charge on any atom is 0.335 e. The highest BCUT2D eigenvalue weighted by molar-refractivity contribution is 7.80. The summed E-state index contributed by atoms with van der Waals surface area (Å²) in [6.45, 7) is 0. The van der Waals surface area contributed by atoms with Gasteiger partial charge in [-0.2, -0.15) is 0 Å². The van der Waals surface area contributed by atoms with Crippen LogP contribution in [0.25, 0.3) is 11.3 Å². The first-order chi connectivity index (χ1) is 16.5. The maximum absolute atomic E-state index is 11.4. The Morgan fingerprint density at radius 1 is 1.09 bits per heavy atom. The van der Waals surface area contributed by atoms with E-state index in [2.05, 4.69) is 10.3 Å². The van der Waals surface area contributed by atoms with Gasteiger partial charge in [0.25, 0.3) is 0 Å². The Hall–Kier alpha value is -4.17. The second kappa shape index (κ2) is 8.99. The fourth-order valence-corrected chi connectivity index (χ4v) is 4.48. The number of rotatable bonds is 6. The van der Waals surface area contributed by atoms with E-state index in [1.54, 1.807) is 31.5 Å². The van der Waals surface area contributed by atoms with Crippen LogP contribution in [-0.2, 0) is 0 Å². The van der Waals surface area contributed by atoms with Crippen molar-refractivity contribution in [3.63, 3.8) is 0 Å². The number of furan rings is 1. The highest BCUT2D eigenvalue weighted by Crippen LogP contribution is 2.43. The fraction of sp³-hybridized carbons (Fsp3) is 0.115. The zero-order valence-electron chi connectivity index (χ0n) is 18.2. The number of benzene rings is 2. The van der Waals surface area contributed by atoms with Crippen molar-refractivity contribution >= 4 is 29.0 Å². The van der Waals surface area contributed by atoms with Crippen LogP contribution in [0, 0.1) is 0 Å². The van der Waals surface area contributed by atoms with E-state index < -0.39 is 5.97 Å². The number of carboxylic acids is 1. The molecule has 5 rings (SSSR count). The minimum Gasteiger partial charge on any atom is -0.497 e. The van der Waals surface area contributed by atoms with E-state index in [-0.39, 0.29) is 17.6 Å². The Kier molecular flexibility index (Phi) is 5.73. The number of nitrogens with zero attached hydrogens (tertiary/aromatic N) is 2. The third-order valence-corrected chi connectivity index (χ3v) is 6.08. The molecule has 2 N–H and O–H groups in total. The van der Waals surface area contributed by atoms with Crippen molar-refractivity contribution < 1.29 is 19.1 Å². The first kappa shape index (κ1) is 21.7. The lowest BCUT2D eigenvalue weighted by molar-refractivity contribution is 0.0697. The third kappa shape index (κ3) is 3.99. The monoisotopic (exact) mass is 471 g/mol. The minimum absolute atomic E-state index is 0.199. The Labute approximate surface area is 201 Å². The van der Waals surface area contributed by atoms with E-state index in [4.69, 9.17) is 21.4 Å². The van der Waals surface area contributed by atoms with Gasteiger partial charge in [0.1, 0.15) is 23.3 Å². The molecule has 1 fully saturated rings. The zero-order chi connectivity index (χ0) is 23.7. The van der Waals surface area contributed by atoms with E-state index in [9.17, 15) is 9.90 Å². The van der Waals surface area contributed by atoms with Crippen LogP contribution in [0.5, 0.6) is 5.75 Å². The minimum atomic E-state index is -0.986. The first-order valence-corrected chi connectivity index (χ1v) is 11.0. The van der Waals surface area contributed by atoms with Crippen LogP contribution < -0.4 is 15.0 Å². The number of nitrogens with one attached hydrogen (secondary N) is 1. The molecule has 1 aliphatic rings. The van der Waals surface area contributed by atoms with Gasteiger partial charge in [0.2, 0.25) is 0 Å². The number of hydrogen-bond acceptors (Lipinski definition) is 5. The molecular weight excluding hydrogens is 450 g/mol. The lowest BCUT2D eigenvalue weighted by atomic mass is 10.0. The maximum atomic E-state index is 11.4. The first-order valence-electron chi connectivity index (χ1n) is 10.6. The normalized spacial score (nSPS) is 17.4. The molecule has 0 amide bonds. The Morgan fingerprint density at radius 2 is 1.91 bits per heavy atom. The zero-order valence-corrected chi connectivity index (χ0v) is 19.0. The molecule has 0 saturated carbocycles. The SMILES string of the molecule is COc1ccc(N2C(=S)N[C@@H](c3ccccn3)[C@H]2c2ccc(-c3cccc(C(=O)O)c3)o2)cc1. The van der Waals surface area contributed by atoms with Gasteiger partial charge in [-0.1, -0.05) is 18.2 Å². The fourth-order valence-electron chi connectivity index (χ4n) is 4.14. The molecule has 7 nitrogen and oxygen atoms in total. The Bertz CT molecular complexity index is 1340. The molecule has 0 spiro atoms. The molecule has 34 heavy (non-hydrogen) atoms. The second-order valence-electron chi connectivity index (χ2n) is 7.78. The van der Waals surface area contributed by atoms with Gasteiger partial charge in [-0.05, 0) is 72.9 Å². The predicted octanol–water partition coefficient (Wildman–Crippen LogP) is 5.23. The summed E-state index contributed by atoms with van der Waals surface area (Å²) >= 11 is 5.73. The van der Waals surface area contributed by atoms with Crippen LogP contribution in [0.15, 0.2) is 89.5 Å². The van der Waals surface area contributed by atoms with Gasteiger partial charge < -0.3 is 24.5 Å². The van der Waals surface area contributed by atoms with Gasteiger partial charge in [0, 0.05) is 17.4 Å². The van der Waals surface area contributed by atoms with Crippen molar-refractivity contribution in [3.8, 4) is 17.1 Å². The number of anilines is 1. The Morgan fingerprint density at radius 3 is 2.62 bits per heavy atom. The van der Waals surface area contributed by atoms with Crippen LogP contribution in [0.1, 0.15) is 33.9 Å². The van der Waals surface area contributed by atoms with Crippen molar-refractivity contribution in [1.29, 1.82) is 0 Å². The van der Waals surface area contributed by atoms with Crippen LogP contribution in [0.3, 0.4) is 0 Å². The second-order valence-corrected chi connectivity index (χ2v) is 8.17. The van der Waals surface area contributed by atoms with Crippen LogP contribution in [0.4, 0.5) is 5.69 Å². The number of carbonyl (C=O) groups is 1. The van der Waals surface area contributed by atoms with Gasteiger partial charge in [0.05, 0.1) is 24.4 Å². The number of hydrogen-bond donors (Lipinski definition) is 2. The van der Waals surface area contributed by atoms with Crippen molar-refractivity contribution in [1.82, 2.24) is 10.3 Å². The Balaban J connectivity index is 1.58. The van der Waals surface area contributed by atoms with Crippen molar-refractivity contribution in [2.75, 3.05) is 12.0 Å². The highest BCUT2D eigenvalue weighted by Gasteiger charge is 2.42. The summed E-state index contributed by atoms with van der Waals surface area (Å²) in [6, 6.07) is 23.3. The number of methoxy groups -OCH3 is 1. The molecule has 0 radical (unpaired) electrons. The molecule has 2 aromatic carbocycles. The predicted molar refractivity (Wildman–Crippen MR) is 132 cm³/mol. The highest BCUT2D eigenvalue weighted by atomic mass is 32.1. The third-order valence-electron chi connectivity index (χ3n) is 5.76.